The highest BCUT2D eigenvalue weighted by Gasteiger charge is 2.27. The Morgan fingerprint density at radius 3 is 2.26 bits per heavy atom. The summed E-state index contributed by atoms with van der Waals surface area (Å²) in [7, 11) is -4.15. The lowest BCUT2D eigenvalue weighted by molar-refractivity contribution is -0.119. The number of anilines is 1. The van der Waals surface area contributed by atoms with E-state index in [0.29, 0.717) is 27.1 Å². The number of nitrogens with one attached hydrogen (secondary N) is 1. The van der Waals surface area contributed by atoms with Crippen LogP contribution in [0.3, 0.4) is 0 Å². The summed E-state index contributed by atoms with van der Waals surface area (Å²) in [6.45, 7) is 1.25. The molecule has 0 unspecified atom stereocenters. The molecule has 0 aliphatic rings. The van der Waals surface area contributed by atoms with Crippen LogP contribution < -0.4 is 9.73 Å². The summed E-state index contributed by atoms with van der Waals surface area (Å²) >= 11 is 24.4. The van der Waals surface area contributed by atoms with Crippen LogP contribution in [0.25, 0.3) is 11.3 Å². The average Bonchev–Trinajstić information content (AvgIpc) is 3.30. The molecular weight excluding hydrogens is 592 g/mol. The minimum atomic E-state index is -4.15. The third-order valence-electron chi connectivity index (χ3n) is 5.24. The number of hydrogen-bond donors (Lipinski definition) is 1. The van der Waals surface area contributed by atoms with Gasteiger partial charge in [-0.1, -0.05) is 64.1 Å². The summed E-state index contributed by atoms with van der Waals surface area (Å²) in [4.78, 5) is 12.8. The minimum Gasteiger partial charge on any atom is -0.455 e. The van der Waals surface area contributed by atoms with Gasteiger partial charge in [-0.15, -0.1) is 0 Å². The van der Waals surface area contributed by atoms with Crippen LogP contribution in [0.4, 0.5) is 5.69 Å². The number of aryl methyl sites for hydroxylation is 1. The van der Waals surface area contributed by atoms with E-state index in [4.69, 9.17) is 50.8 Å². The number of amides is 1. The number of rotatable bonds is 8. The zero-order valence-electron chi connectivity index (χ0n) is 19.7. The van der Waals surface area contributed by atoms with Gasteiger partial charge in [-0.2, -0.15) is 5.10 Å². The predicted molar refractivity (Wildman–Crippen MR) is 152 cm³/mol. The number of sulfonamides is 1. The second kappa shape index (κ2) is 11.8. The number of halogens is 4. The van der Waals surface area contributed by atoms with Crippen LogP contribution in [-0.4, -0.2) is 27.1 Å². The molecule has 0 aliphatic carbocycles. The molecule has 196 valence electrons. The van der Waals surface area contributed by atoms with Crippen molar-refractivity contribution in [3.8, 4) is 11.3 Å². The number of furan rings is 1. The molecular formula is C26H19Cl4N3O4S. The highest BCUT2D eigenvalue weighted by atomic mass is 35.5. The number of hydrogen-bond acceptors (Lipinski definition) is 5. The molecule has 1 amide bonds. The van der Waals surface area contributed by atoms with E-state index in [1.54, 1.807) is 42.5 Å². The summed E-state index contributed by atoms with van der Waals surface area (Å²) in [6, 6.07) is 18.8. The maximum atomic E-state index is 13.5. The van der Waals surface area contributed by atoms with Gasteiger partial charge in [0.05, 0.1) is 21.8 Å². The molecule has 0 spiro atoms. The van der Waals surface area contributed by atoms with Crippen molar-refractivity contribution in [2.75, 3.05) is 10.8 Å². The Hall–Kier alpha value is -3.01. The molecule has 0 saturated heterocycles. The lowest BCUT2D eigenvalue weighted by atomic mass is 10.2. The Labute approximate surface area is 239 Å². The van der Waals surface area contributed by atoms with E-state index in [2.05, 4.69) is 10.5 Å². The van der Waals surface area contributed by atoms with Crippen molar-refractivity contribution in [2.45, 2.75) is 11.8 Å². The largest absolute Gasteiger partial charge is 0.455 e. The molecule has 4 rings (SSSR count). The predicted octanol–water partition coefficient (Wildman–Crippen LogP) is 7.21. The van der Waals surface area contributed by atoms with Gasteiger partial charge in [0.25, 0.3) is 15.9 Å². The highest BCUT2D eigenvalue weighted by Crippen LogP contribution is 2.32. The molecule has 1 aromatic heterocycles. The maximum Gasteiger partial charge on any atom is 0.264 e. The molecule has 38 heavy (non-hydrogen) atoms. The van der Waals surface area contributed by atoms with Gasteiger partial charge in [-0.05, 0) is 67.6 Å². The summed E-state index contributed by atoms with van der Waals surface area (Å²) in [6.07, 6.45) is 1.28. The van der Waals surface area contributed by atoms with Gasteiger partial charge in [0.1, 0.15) is 18.1 Å². The molecule has 1 heterocycles. The first-order valence-electron chi connectivity index (χ1n) is 11.0. The van der Waals surface area contributed by atoms with Crippen LogP contribution in [0.15, 0.2) is 87.2 Å². The van der Waals surface area contributed by atoms with Crippen molar-refractivity contribution in [3.05, 3.63) is 104 Å². The van der Waals surface area contributed by atoms with E-state index in [9.17, 15) is 13.2 Å². The fourth-order valence-corrected chi connectivity index (χ4v) is 5.85. The normalized spacial score (nSPS) is 11.6. The number of carbonyl (C=O) groups excluding carboxylic acids is 1. The van der Waals surface area contributed by atoms with Crippen LogP contribution in [0.1, 0.15) is 11.3 Å². The summed E-state index contributed by atoms with van der Waals surface area (Å²) < 4.78 is 33.6. The molecule has 1 N–H and O–H groups in total. The number of nitrogens with zero attached hydrogens (tertiary/aromatic N) is 2. The smallest absolute Gasteiger partial charge is 0.264 e. The Kier molecular flexibility index (Phi) is 8.70. The van der Waals surface area contributed by atoms with Gasteiger partial charge in [-0.3, -0.25) is 9.10 Å². The fraction of sp³-hybridized carbons (Fsp3) is 0.0769. The van der Waals surface area contributed by atoms with Gasteiger partial charge in [0, 0.05) is 20.6 Å². The fourth-order valence-electron chi connectivity index (χ4n) is 3.43. The molecule has 0 atom stereocenters. The monoisotopic (exact) mass is 609 g/mol. The second-order valence-corrected chi connectivity index (χ2v) is 11.7. The Balaban J connectivity index is 1.53. The Morgan fingerprint density at radius 2 is 1.61 bits per heavy atom. The van der Waals surface area contributed by atoms with Crippen molar-refractivity contribution in [1.29, 1.82) is 0 Å². The van der Waals surface area contributed by atoms with E-state index in [1.807, 2.05) is 6.92 Å². The van der Waals surface area contributed by atoms with Gasteiger partial charge in [0.15, 0.2) is 0 Å². The molecule has 7 nitrogen and oxygen atoms in total. The maximum absolute atomic E-state index is 13.5. The van der Waals surface area contributed by atoms with E-state index in [-0.39, 0.29) is 20.6 Å². The third kappa shape index (κ3) is 6.70. The Bertz CT molecular complexity index is 1600. The molecule has 12 heteroatoms. The lowest BCUT2D eigenvalue weighted by Gasteiger charge is -2.24. The molecule has 0 saturated carbocycles. The van der Waals surface area contributed by atoms with Crippen molar-refractivity contribution in [2.24, 2.45) is 5.10 Å². The van der Waals surface area contributed by atoms with Crippen LogP contribution in [0, 0.1) is 6.92 Å². The van der Waals surface area contributed by atoms with E-state index in [0.717, 1.165) is 9.87 Å². The van der Waals surface area contributed by atoms with Gasteiger partial charge >= 0.3 is 0 Å². The van der Waals surface area contributed by atoms with E-state index < -0.39 is 22.5 Å². The van der Waals surface area contributed by atoms with E-state index in [1.165, 1.54) is 36.5 Å². The minimum absolute atomic E-state index is 0.000487. The van der Waals surface area contributed by atoms with Gasteiger partial charge in [-0.25, -0.2) is 13.8 Å². The number of carbonyl (C=O) groups is 1. The first-order chi connectivity index (χ1) is 18.0. The van der Waals surface area contributed by atoms with Crippen molar-refractivity contribution in [1.82, 2.24) is 5.43 Å². The van der Waals surface area contributed by atoms with Gasteiger partial charge < -0.3 is 4.42 Å². The summed E-state index contributed by atoms with van der Waals surface area (Å²) in [5.74, 6) is 0.102. The topological polar surface area (TPSA) is 92.0 Å². The third-order valence-corrected chi connectivity index (χ3v) is 8.01. The van der Waals surface area contributed by atoms with Crippen LogP contribution in [-0.2, 0) is 14.8 Å². The second-order valence-electron chi connectivity index (χ2n) is 8.07. The summed E-state index contributed by atoms with van der Waals surface area (Å²) in [5.41, 5.74) is 3.96. The molecule has 0 fully saturated rings. The first kappa shape index (κ1) is 28.0. The van der Waals surface area contributed by atoms with Crippen LogP contribution in [0.5, 0.6) is 0 Å². The SMILES string of the molecule is Cc1ccc(S(=O)(=O)N(CC(=O)N/N=C\c2ccc(-c3ccc(Cl)cc3Cl)o2)c2cc(Cl)cc(Cl)c2)cc1. The van der Waals surface area contributed by atoms with Crippen molar-refractivity contribution in [3.63, 3.8) is 0 Å². The molecule has 3 aromatic carbocycles. The zero-order valence-corrected chi connectivity index (χ0v) is 23.5. The highest BCUT2D eigenvalue weighted by molar-refractivity contribution is 7.92. The standard InChI is InChI=1S/C26H19Cl4N3O4S/c1-16-2-6-22(7-3-16)38(35,36)33(20-11-18(28)10-19(29)12-20)15-26(34)32-31-14-21-5-9-25(37-21)23-8-4-17(27)13-24(23)30/h2-14H,15H2,1H3,(H,32,34)/b31-14-. The van der Waals surface area contributed by atoms with E-state index >= 15 is 0 Å². The van der Waals surface area contributed by atoms with Crippen LogP contribution in [0.2, 0.25) is 20.1 Å². The molecule has 0 bridgehead atoms. The molecule has 4 aromatic rings. The van der Waals surface area contributed by atoms with Gasteiger partial charge in [0.2, 0.25) is 0 Å². The first-order valence-corrected chi connectivity index (χ1v) is 13.9. The molecule has 0 radical (unpaired) electrons. The summed E-state index contributed by atoms with van der Waals surface area (Å²) in [5, 5.41) is 5.22. The number of benzene rings is 3. The van der Waals surface area contributed by atoms with Crippen molar-refractivity contribution >= 4 is 74.2 Å². The zero-order chi connectivity index (χ0) is 27.4. The molecule has 0 aliphatic heterocycles. The number of hydrazone groups is 1. The average molecular weight is 611 g/mol. The quantitative estimate of drug-likeness (QED) is 0.168. The lowest BCUT2D eigenvalue weighted by Crippen LogP contribution is -2.39. The Morgan fingerprint density at radius 1 is 0.921 bits per heavy atom. The van der Waals surface area contributed by atoms with Crippen LogP contribution >= 0.6 is 46.4 Å². The van der Waals surface area contributed by atoms with Crippen molar-refractivity contribution < 1.29 is 17.6 Å².